The Bertz CT molecular complexity index is 157. The second kappa shape index (κ2) is 7.31. The second-order valence-corrected chi connectivity index (χ2v) is 3.68. The summed E-state index contributed by atoms with van der Waals surface area (Å²) in [5.74, 6) is 0. The smallest absolute Gasteiger partial charge is 0 e. The van der Waals surface area contributed by atoms with Crippen molar-refractivity contribution in [1.82, 2.24) is 0 Å². The van der Waals surface area contributed by atoms with E-state index in [9.17, 15) is 9.13 Å². The summed E-state index contributed by atoms with van der Waals surface area (Å²) in [4.78, 5) is 31.0. The molecule has 0 aliphatic carbocycles. The molecule has 61 valence electrons. The predicted molar refractivity (Wildman–Crippen MR) is 32.3 cm³/mol. The fourth-order valence-electron chi connectivity index (χ4n) is 0.139. The molecule has 0 spiro atoms. The van der Waals surface area contributed by atoms with Crippen molar-refractivity contribution in [3.8, 4) is 0 Å². The Morgan fingerprint density at radius 3 is 1.09 bits per heavy atom. The molecule has 0 atom stereocenters. The van der Waals surface area contributed by atoms with Crippen LogP contribution >= 0.6 is 15.6 Å². The molecule has 11 heavy (non-hydrogen) atoms. The van der Waals surface area contributed by atoms with Crippen LogP contribution in [0.25, 0.3) is 0 Å². The molecule has 7 nitrogen and oxygen atoms in total. The van der Waals surface area contributed by atoms with Crippen molar-refractivity contribution in [2.24, 2.45) is 0 Å². The topological polar surface area (TPSA) is 124 Å². The SMILES string of the molecule is O=P(O)(O)OP(=O)(O)O.[KH].[Y]. The van der Waals surface area contributed by atoms with Crippen molar-refractivity contribution < 1.29 is 65.7 Å². The van der Waals surface area contributed by atoms with Crippen molar-refractivity contribution in [2.75, 3.05) is 0 Å². The van der Waals surface area contributed by atoms with Gasteiger partial charge in [-0.1, -0.05) is 0 Å². The van der Waals surface area contributed by atoms with Crippen molar-refractivity contribution in [1.29, 1.82) is 0 Å². The van der Waals surface area contributed by atoms with E-state index in [2.05, 4.69) is 4.31 Å². The molecule has 0 saturated carbocycles. The Balaban J connectivity index is -0.000000320. The average molecular weight is 307 g/mol. The van der Waals surface area contributed by atoms with Gasteiger partial charge in [0, 0.05) is 32.7 Å². The molecular weight excluding hydrogens is 302 g/mol. The molecular formula is H5KO7P2Y. The van der Waals surface area contributed by atoms with Crippen LogP contribution in [0.1, 0.15) is 0 Å². The van der Waals surface area contributed by atoms with Crippen LogP contribution in [0.15, 0.2) is 0 Å². The number of hydrogen-bond acceptors (Lipinski definition) is 3. The molecule has 0 heterocycles. The molecule has 11 heteroatoms. The monoisotopic (exact) mass is 307 g/mol. The first-order chi connectivity index (χ1) is 3.71. The molecule has 0 fully saturated rings. The van der Waals surface area contributed by atoms with Gasteiger partial charge < -0.3 is 19.6 Å². The van der Waals surface area contributed by atoms with E-state index in [1.54, 1.807) is 0 Å². The van der Waals surface area contributed by atoms with Crippen molar-refractivity contribution in [2.45, 2.75) is 0 Å². The fraction of sp³-hybridized carbons (Fsp3) is 0. The van der Waals surface area contributed by atoms with E-state index in [1.807, 2.05) is 0 Å². The average Bonchev–Trinajstić information content (AvgIpc) is 1.14. The Labute approximate surface area is 130 Å². The van der Waals surface area contributed by atoms with Crippen LogP contribution in [0.3, 0.4) is 0 Å². The molecule has 0 saturated heterocycles. The van der Waals surface area contributed by atoms with E-state index < -0.39 is 15.6 Å². The van der Waals surface area contributed by atoms with Crippen molar-refractivity contribution in [3.05, 3.63) is 0 Å². The number of hydrogen-bond donors (Lipinski definition) is 4. The van der Waals surface area contributed by atoms with Crippen LogP contribution in [0.2, 0.25) is 0 Å². The normalized spacial score (nSPS) is 11.3. The molecule has 0 aliphatic rings. The minimum Gasteiger partial charge on any atom is 0 e. The molecule has 0 aromatic rings. The van der Waals surface area contributed by atoms with Gasteiger partial charge in [0.05, 0.1) is 0 Å². The second-order valence-electron chi connectivity index (χ2n) is 1.06. The molecule has 0 aromatic carbocycles. The van der Waals surface area contributed by atoms with E-state index in [1.165, 1.54) is 0 Å². The van der Waals surface area contributed by atoms with E-state index in [0.717, 1.165) is 0 Å². The Morgan fingerprint density at radius 2 is 1.09 bits per heavy atom. The van der Waals surface area contributed by atoms with Gasteiger partial charge in [-0.15, -0.1) is 0 Å². The first kappa shape index (κ1) is 19.6. The molecule has 0 bridgehead atoms. The van der Waals surface area contributed by atoms with Gasteiger partial charge in [-0.25, -0.2) is 9.13 Å². The zero-order valence-corrected chi connectivity index (χ0v) is 9.11. The third kappa shape index (κ3) is 19.4. The van der Waals surface area contributed by atoms with Crippen LogP contribution in [-0.4, -0.2) is 71.0 Å². The summed E-state index contributed by atoms with van der Waals surface area (Å²) in [6.45, 7) is 0. The molecule has 0 amide bonds. The van der Waals surface area contributed by atoms with Gasteiger partial charge in [0.15, 0.2) is 0 Å². The third-order valence-corrected chi connectivity index (χ3v) is 1.91. The summed E-state index contributed by atoms with van der Waals surface area (Å²) in [6, 6.07) is 0. The van der Waals surface area contributed by atoms with Crippen LogP contribution in [0.4, 0.5) is 0 Å². The van der Waals surface area contributed by atoms with E-state index in [-0.39, 0.29) is 84.1 Å². The summed E-state index contributed by atoms with van der Waals surface area (Å²) in [7, 11) is -10.1. The first-order valence-corrected chi connectivity index (χ1v) is 4.59. The zero-order valence-electron chi connectivity index (χ0n) is 4.49. The van der Waals surface area contributed by atoms with Gasteiger partial charge >= 0.3 is 67.0 Å². The third-order valence-electron chi connectivity index (χ3n) is 0.213. The van der Waals surface area contributed by atoms with Gasteiger partial charge in [0.2, 0.25) is 0 Å². The van der Waals surface area contributed by atoms with Crippen LogP contribution in [0, 0.1) is 0 Å². The van der Waals surface area contributed by atoms with E-state index in [4.69, 9.17) is 19.6 Å². The maximum atomic E-state index is 9.63. The van der Waals surface area contributed by atoms with Gasteiger partial charge in [0.25, 0.3) is 0 Å². The molecule has 1 radical (unpaired) electrons. The quantitative estimate of drug-likeness (QED) is 0.363. The minimum absolute atomic E-state index is 0. The van der Waals surface area contributed by atoms with E-state index in [0.29, 0.717) is 0 Å². The molecule has 0 rings (SSSR count). The zero-order chi connectivity index (χ0) is 7.71. The molecule has 4 N–H and O–H groups in total. The van der Waals surface area contributed by atoms with Gasteiger partial charge in [0.1, 0.15) is 0 Å². The van der Waals surface area contributed by atoms with Crippen molar-refractivity contribution in [3.63, 3.8) is 0 Å². The Morgan fingerprint density at radius 1 is 0.909 bits per heavy atom. The molecule has 0 aromatic heterocycles. The predicted octanol–water partition coefficient (Wildman–Crippen LogP) is -1.46. The van der Waals surface area contributed by atoms with Gasteiger partial charge in [-0.05, 0) is 0 Å². The van der Waals surface area contributed by atoms with E-state index >= 15 is 0 Å². The Kier molecular flexibility index (Phi) is 13.0. The maximum Gasteiger partial charge on any atom is 0 e. The van der Waals surface area contributed by atoms with Crippen LogP contribution in [-0.2, 0) is 46.1 Å². The minimum atomic E-state index is -5.05. The summed E-state index contributed by atoms with van der Waals surface area (Å²) in [5, 5.41) is 0. The summed E-state index contributed by atoms with van der Waals surface area (Å²) < 4.78 is 22.2. The summed E-state index contributed by atoms with van der Waals surface area (Å²) >= 11 is 0. The van der Waals surface area contributed by atoms with Gasteiger partial charge in [-0.2, -0.15) is 4.31 Å². The fourth-order valence-corrected chi connectivity index (χ4v) is 1.25. The first-order valence-electron chi connectivity index (χ1n) is 1.53. The Hall–Kier alpha value is 3.00. The van der Waals surface area contributed by atoms with Crippen LogP contribution < -0.4 is 0 Å². The largest absolute Gasteiger partial charge is 0 e. The molecule has 0 aliphatic heterocycles. The standard InChI is InChI=1S/K.H4O7P2.Y.H/c;1-8(2,3)7-9(4,5)6;;/h;(H2,1,2,3)(H2,4,5,6);;. The van der Waals surface area contributed by atoms with Crippen molar-refractivity contribution >= 4 is 67.0 Å². The van der Waals surface area contributed by atoms with Crippen LogP contribution in [0.5, 0.6) is 0 Å². The maximum absolute atomic E-state index is 9.63. The summed E-state index contributed by atoms with van der Waals surface area (Å²) in [5.41, 5.74) is 0. The summed E-state index contributed by atoms with van der Waals surface area (Å²) in [6.07, 6.45) is 0. The number of phosphoric acid groups is 2. The van der Waals surface area contributed by atoms with Gasteiger partial charge in [-0.3, -0.25) is 0 Å². The molecule has 0 unspecified atom stereocenters. The number of rotatable bonds is 2.